The first-order valence-electron chi connectivity index (χ1n) is 5.21. The van der Waals surface area contributed by atoms with Crippen LogP contribution in [0.5, 0.6) is 0 Å². The van der Waals surface area contributed by atoms with E-state index in [9.17, 15) is 21.6 Å². The van der Waals surface area contributed by atoms with Crippen LogP contribution >= 0.6 is 23.2 Å². The van der Waals surface area contributed by atoms with Gasteiger partial charge in [-0.2, -0.15) is 17.5 Å². The summed E-state index contributed by atoms with van der Waals surface area (Å²) in [5.41, 5.74) is 0. The van der Waals surface area contributed by atoms with Gasteiger partial charge in [-0.25, -0.2) is 8.42 Å². The van der Waals surface area contributed by atoms with Crippen molar-refractivity contribution in [3.8, 4) is 0 Å². The molecule has 1 N–H and O–H groups in total. The predicted molar refractivity (Wildman–Crippen MR) is 68.4 cm³/mol. The highest BCUT2D eigenvalue weighted by atomic mass is 35.5. The van der Waals surface area contributed by atoms with Crippen molar-refractivity contribution in [2.24, 2.45) is 0 Å². The molecule has 0 aliphatic heterocycles. The van der Waals surface area contributed by atoms with E-state index in [1.165, 1.54) is 12.1 Å². The first-order chi connectivity index (χ1) is 9.08. The van der Waals surface area contributed by atoms with Crippen LogP contribution in [0.1, 0.15) is 0 Å². The zero-order chi connectivity index (χ0) is 15.6. The predicted octanol–water partition coefficient (Wildman–Crippen LogP) is 2.54. The van der Waals surface area contributed by atoms with Crippen molar-refractivity contribution in [3.63, 3.8) is 0 Å². The second-order valence-corrected chi connectivity index (χ2v) is 6.50. The Bertz CT molecular complexity index is 578. The summed E-state index contributed by atoms with van der Waals surface area (Å²) in [5.74, 6) is 0. The Kier molecular flexibility index (Phi) is 5.68. The Balaban J connectivity index is 3.26. The quantitative estimate of drug-likeness (QED) is 0.886. The van der Waals surface area contributed by atoms with Gasteiger partial charge < -0.3 is 5.11 Å². The summed E-state index contributed by atoms with van der Waals surface area (Å²) in [5, 5.41) is 8.50. The molecule has 0 unspecified atom stereocenters. The number of sulfonamides is 1. The third-order valence-corrected chi connectivity index (χ3v) is 4.78. The van der Waals surface area contributed by atoms with Crippen molar-refractivity contribution >= 4 is 33.2 Å². The molecule has 1 aromatic rings. The first kappa shape index (κ1) is 17.5. The smallest absolute Gasteiger partial charge is 0.395 e. The number of hydrogen-bond acceptors (Lipinski definition) is 3. The molecule has 0 spiro atoms. The lowest BCUT2D eigenvalue weighted by Gasteiger charge is -2.23. The van der Waals surface area contributed by atoms with Crippen molar-refractivity contribution in [1.82, 2.24) is 4.31 Å². The van der Waals surface area contributed by atoms with E-state index in [1.54, 1.807) is 0 Å². The number of halogens is 5. The summed E-state index contributed by atoms with van der Waals surface area (Å²) in [6.45, 7) is -3.18. The molecule has 0 bridgehead atoms. The SMILES string of the molecule is O=S(=O)(c1cc(Cl)ccc1Cl)N(CCO)CC(F)(F)F. The summed E-state index contributed by atoms with van der Waals surface area (Å²) in [7, 11) is -4.51. The van der Waals surface area contributed by atoms with E-state index in [2.05, 4.69) is 0 Å². The molecular formula is C10H10Cl2F3NO3S. The third-order valence-electron chi connectivity index (χ3n) is 2.22. The highest BCUT2D eigenvalue weighted by Gasteiger charge is 2.37. The molecule has 1 aromatic carbocycles. The molecule has 0 fully saturated rings. The zero-order valence-corrected chi connectivity index (χ0v) is 12.2. The minimum atomic E-state index is -4.74. The standard InChI is InChI=1S/C10H10Cl2F3NO3S/c11-7-1-2-8(12)9(5-7)20(18,19)16(3-4-17)6-10(13,14)15/h1-2,5,17H,3-4,6H2. The second kappa shape index (κ2) is 6.48. The van der Waals surface area contributed by atoms with Gasteiger partial charge in [0.2, 0.25) is 10.0 Å². The van der Waals surface area contributed by atoms with E-state index >= 15 is 0 Å². The van der Waals surface area contributed by atoms with Crippen LogP contribution < -0.4 is 0 Å². The molecule has 0 aliphatic rings. The van der Waals surface area contributed by atoms with E-state index in [1.807, 2.05) is 0 Å². The average molecular weight is 352 g/mol. The van der Waals surface area contributed by atoms with E-state index in [0.717, 1.165) is 6.07 Å². The molecule has 0 saturated heterocycles. The van der Waals surface area contributed by atoms with E-state index in [4.69, 9.17) is 28.3 Å². The number of rotatable bonds is 5. The largest absolute Gasteiger partial charge is 0.402 e. The Morgan fingerprint density at radius 3 is 2.35 bits per heavy atom. The van der Waals surface area contributed by atoms with Crippen LogP contribution in [0.4, 0.5) is 13.2 Å². The van der Waals surface area contributed by atoms with Crippen LogP contribution in [-0.2, 0) is 10.0 Å². The lowest BCUT2D eigenvalue weighted by atomic mass is 10.4. The molecule has 4 nitrogen and oxygen atoms in total. The third kappa shape index (κ3) is 4.49. The number of aliphatic hydroxyl groups excluding tert-OH is 1. The second-order valence-electron chi connectivity index (χ2n) is 3.75. The summed E-state index contributed by atoms with van der Waals surface area (Å²) >= 11 is 11.3. The fourth-order valence-electron chi connectivity index (χ4n) is 1.41. The van der Waals surface area contributed by atoms with Crippen LogP contribution in [0.2, 0.25) is 10.0 Å². The maximum atomic E-state index is 12.4. The molecule has 0 radical (unpaired) electrons. The van der Waals surface area contributed by atoms with Crippen molar-refractivity contribution in [2.45, 2.75) is 11.1 Å². The van der Waals surface area contributed by atoms with Gasteiger partial charge >= 0.3 is 6.18 Å². The van der Waals surface area contributed by atoms with Gasteiger partial charge in [0.05, 0.1) is 11.6 Å². The van der Waals surface area contributed by atoms with Gasteiger partial charge in [-0.15, -0.1) is 0 Å². The Hall–Kier alpha value is -0.540. The van der Waals surface area contributed by atoms with Gasteiger partial charge in [0, 0.05) is 11.6 Å². The van der Waals surface area contributed by atoms with Crippen LogP contribution in [0.3, 0.4) is 0 Å². The topological polar surface area (TPSA) is 57.6 Å². The lowest BCUT2D eigenvalue weighted by molar-refractivity contribution is -0.136. The van der Waals surface area contributed by atoms with E-state index < -0.39 is 40.8 Å². The van der Waals surface area contributed by atoms with Gasteiger partial charge in [0.25, 0.3) is 0 Å². The normalized spacial score (nSPS) is 12.9. The molecule has 0 amide bonds. The van der Waals surface area contributed by atoms with E-state index in [0.29, 0.717) is 0 Å². The number of benzene rings is 1. The maximum Gasteiger partial charge on any atom is 0.402 e. The number of nitrogens with zero attached hydrogens (tertiary/aromatic N) is 1. The maximum absolute atomic E-state index is 12.4. The van der Waals surface area contributed by atoms with Crippen molar-refractivity contribution in [1.29, 1.82) is 0 Å². The van der Waals surface area contributed by atoms with Gasteiger partial charge in [-0.3, -0.25) is 0 Å². The average Bonchev–Trinajstić information content (AvgIpc) is 2.30. The molecule has 20 heavy (non-hydrogen) atoms. The Morgan fingerprint density at radius 1 is 1.25 bits per heavy atom. The lowest BCUT2D eigenvalue weighted by Crippen LogP contribution is -2.40. The summed E-state index contributed by atoms with van der Waals surface area (Å²) < 4.78 is 61.6. The van der Waals surface area contributed by atoms with Crippen LogP contribution in [0, 0.1) is 0 Å². The Morgan fingerprint density at radius 2 is 1.85 bits per heavy atom. The fraction of sp³-hybridized carbons (Fsp3) is 0.400. The van der Waals surface area contributed by atoms with Crippen LogP contribution in [-0.4, -0.2) is 43.7 Å². The molecule has 0 atom stereocenters. The van der Waals surface area contributed by atoms with Crippen molar-refractivity contribution in [2.75, 3.05) is 19.7 Å². The minimum absolute atomic E-state index is 0.0175. The fourth-order valence-corrected chi connectivity index (χ4v) is 3.56. The van der Waals surface area contributed by atoms with Gasteiger partial charge in [0.1, 0.15) is 11.4 Å². The van der Waals surface area contributed by atoms with Crippen molar-refractivity contribution < 1.29 is 26.7 Å². The highest BCUT2D eigenvalue weighted by molar-refractivity contribution is 7.89. The monoisotopic (exact) mass is 351 g/mol. The summed E-state index contributed by atoms with van der Waals surface area (Å²) in [6.07, 6.45) is -4.74. The number of alkyl halides is 3. The molecule has 0 saturated carbocycles. The molecule has 1 rings (SSSR count). The molecular weight excluding hydrogens is 342 g/mol. The molecule has 114 valence electrons. The minimum Gasteiger partial charge on any atom is -0.395 e. The van der Waals surface area contributed by atoms with E-state index in [-0.39, 0.29) is 14.4 Å². The van der Waals surface area contributed by atoms with Gasteiger partial charge in [-0.1, -0.05) is 23.2 Å². The summed E-state index contributed by atoms with van der Waals surface area (Å²) in [4.78, 5) is -0.538. The van der Waals surface area contributed by atoms with Gasteiger partial charge in [0.15, 0.2) is 0 Å². The molecule has 10 heteroatoms. The number of hydrogen-bond donors (Lipinski definition) is 1. The van der Waals surface area contributed by atoms with Crippen LogP contribution in [0.25, 0.3) is 0 Å². The van der Waals surface area contributed by atoms with Crippen molar-refractivity contribution in [3.05, 3.63) is 28.2 Å². The summed E-state index contributed by atoms with van der Waals surface area (Å²) in [6, 6.07) is 3.44. The zero-order valence-electron chi connectivity index (χ0n) is 9.86. The number of aliphatic hydroxyl groups is 1. The highest BCUT2D eigenvalue weighted by Crippen LogP contribution is 2.29. The molecule has 0 heterocycles. The van der Waals surface area contributed by atoms with Gasteiger partial charge in [-0.05, 0) is 18.2 Å². The molecule has 0 aromatic heterocycles. The van der Waals surface area contributed by atoms with Crippen LogP contribution in [0.15, 0.2) is 23.1 Å². The molecule has 0 aliphatic carbocycles. The Labute approximate surface area is 123 Å². The first-order valence-corrected chi connectivity index (χ1v) is 7.40.